The van der Waals surface area contributed by atoms with E-state index in [2.05, 4.69) is 449 Å². The molecule has 0 aliphatic carbocycles. The van der Waals surface area contributed by atoms with E-state index in [1.807, 2.05) is 0 Å². The molecule has 0 unspecified atom stereocenters. The predicted molar refractivity (Wildman–Crippen MR) is 504 cm³/mol. The minimum absolute atomic E-state index is 0.470. The molecule has 566 valence electrons. The van der Waals surface area contributed by atoms with Crippen LogP contribution in [-0.4, -0.2) is 37.8 Å². The normalized spacial score (nSPS) is 11.9. The summed E-state index contributed by atoms with van der Waals surface area (Å²) in [5.74, 6) is 1.46. The fourth-order valence-corrected chi connectivity index (χ4v) is 19.2. The highest BCUT2D eigenvalue weighted by molar-refractivity contribution is 6.16. The third kappa shape index (κ3) is 11.4. The van der Waals surface area contributed by atoms with Crippen molar-refractivity contribution in [2.45, 2.75) is 13.8 Å². The minimum atomic E-state index is 0.470. The number of aromatic nitrogens is 8. The van der Waals surface area contributed by atoms with Crippen LogP contribution in [0.2, 0.25) is 0 Å². The number of hydrogen-bond acceptors (Lipinski definition) is 3. The van der Waals surface area contributed by atoms with Crippen LogP contribution in [0.5, 0.6) is 0 Å². The second kappa shape index (κ2) is 27.8. The van der Waals surface area contributed by atoms with Crippen LogP contribution < -0.4 is 0 Å². The maximum Gasteiger partial charge on any atom is 0.240 e. The number of nitrogens with zero attached hydrogens (tertiary/aromatic N) is 8. The van der Waals surface area contributed by atoms with Gasteiger partial charge in [-0.15, -0.1) is 0 Å². The molecule has 6 aromatic heterocycles. The van der Waals surface area contributed by atoms with E-state index in [9.17, 15) is 0 Å². The summed E-state index contributed by atoms with van der Waals surface area (Å²) < 4.78 is 11.8. The van der Waals surface area contributed by atoms with Gasteiger partial charge in [0.15, 0.2) is 5.82 Å². The number of rotatable bonds is 13. The van der Waals surface area contributed by atoms with Crippen LogP contribution >= 0.6 is 0 Å². The van der Waals surface area contributed by atoms with Crippen LogP contribution in [-0.2, 0) is 0 Å². The van der Waals surface area contributed by atoms with Gasteiger partial charge < -0.3 is 13.7 Å². The monoisotopic (exact) mass is 1540 g/mol. The fraction of sp³-hybridized carbons (Fsp3) is 0.0177. The van der Waals surface area contributed by atoms with Gasteiger partial charge in [-0.25, -0.2) is 0 Å². The van der Waals surface area contributed by atoms with Gasteiger partial charge >= 0.3 is 0 Å². The lowest BCUT2D eigenvalue weighted by Gasteiger charge is -2.15. The van der Waals surface area contributed by atoms with Gasteiger partial charge in [0, 0.05) is 76.5 Å². The van der Waals surface area contributed by atoms with Crippen LogP contribution in [0, 0.1) is 13.8 Å². The summed E-state index contributed by atoms with van der Waals surface area (Å²) in [7, 11) is 0. The summed E-state index contributed by atoms with van der Waals surface area (Å²) in [4.78, 5) is 17.9. The zero-order valence-corrected chi connectivity index (χ0v) is 66.3. The largest absolute Gasteiger partial charge is 0.309 e. The van der Waals surface area contributed by atoms with Gasteiger partial charge in [-0.2, -0.15) is 15.0 Å². The fourth-order valence-electron chi connectivity index (χ4n) is 19.2. The third-order valence-corrected chi connectivity index (χ3v) is 25.0. The highest BCUT2D eigenvalue weighted by Gasteiger charge is 2.26. The molecule has 0 spiro atoms. The van der Waals surface area contributed by atoms with E-state index in [1.165, 1.54) is 54.6 Å². The maximum atomic E-state index is 6.07. The summed E-state index contributed by atoms with van der Waals surface area (Å²) in [5, 5.41) is 11.4. The second-order valence-corrected chi connectivity index (χ2v) is 32.0. The highest BCUT2D eigenvalue weighted by atomic mass is 15.3. The number of fused-ring (bicyclic) bond motifs is 15. The Hall–Kier alpha value is -16.0. The molecule has 8 nitrogen and oxygen atoms in total. The van der Waals surface area contributed by atoms with Gasteiger partial charge in [-0.3, -0.25) is 9.13 Å². The molecule has 0 radical (unpaired) electrons. The van der Waals surface area contributed by atoms with Gasteiger partial charge in [0.05, 0.1) is 55.2 Å². The van der Waals surface area contributed by atoms with Crippen molar-refractivity contribution in [3.05, 3.63) is 424 Å². The molecular formula is C113H74N8. The Morgan fingerprint density at radius 1 is 0.157 bits per heavy atom. The zero-order chi connectivity index (χ0) is 79.9. The molecule has 0 aliphatic heterocycles. The van der Waals surface area contributed by atoms with Gasteiger partial charge in [0.2, 0.25) is 11.9 Å². The highest BCUT2D eigenvalue weighted by Crippen LogP contribution is 2.46. The summed E-state index contributed by atoms with van der Waals surface area (Å²) >= 11 is 0. The Balaban J connectivity index is 0.776. The summed E-state index contributed by atoms with van der Waals surface area (Å²) in [6.45, 7) is 4.42. The van der Waals surface area contributed by atoms with Gasteiger partial charge in [-0.05, 0) is 236 Å². The SMILES string of the molecule is Cc1ccccc1-c1cc(-c2ccc3c4ccc(-c5ccc6c(c5)c5ccccc5n6-c5ccccc5)cc4n(-c4nc(-c5cccc(-c6cccc(-c7ccccc7)c6)c5)nc(-n5c6cc(-c7ccc8c(c7)c7ccccc7n8-c7ccccc7)ccc6c6ccc(-c7ccc8c(c7)c7ccccc7n8-c7ccccc7)cc65)n4)c3c2)ccc1C. The van der Waals surface area contributed by atoms with Crippen molar-refractivity contribution in [3.8, 4) is 118 Å². The van der Waals surface area contributed by atoms with Crippen molar-refractivity contribution >= 4 is 109 Å². The first kappa shape index (κ1) is 69.3. The second-order valence-electron chi connectivity index (χ2n) is 32.0. The quantitative estimate of drug-likeness (QED) is 0.116. The molecule has 0 N–H and O–H groups in total. The number of para-hydroxylation sites is 6. The summed E-state index contributed by atoms with van der Waals surface area (Å²) in [6, 6.07) is 151. The van der Waals surface area contributed by atoms with E-state index in [1.54, 1.807) is 0 Å². The van der Waals surface area contributed by atoms with E-state index < -0.39 is 0 Å². The number of benzene rings is 18. The molecule has 24 aromatic rings. The average molecular weight is 1540 g/mol. The molecule has 6 heterocycles. The van der Waals surface area contributed by atoms with E-state index >= 15 is 0 Å². The molecule has 8 heteroatoms. The Morgan fingerprint density at radius 3 is 0.851 bits per heavy atom. The van der Waals surface area contributed by atoms with Crippen LogP contribution in [0.15, 0.2) is 413 Å². The standard InChI is InChI=1S/C113H74N8/c1-71-25-15-16-38-89(71)97-63-77(46-45-72(97)2)81-47-54-93-94-55-48-82(78-51-58-104-98(64-78)90-39-17-20-42-101(90)117(104)86-32-9-4-10-33-86)68-108(94)120(107(93)67-81)112-114-111(85-31-24-30-76(62-85)75-29-23-28-74(61-75)73-26-7-3-8-27-73)115-113(116-112)121-109-69-83(79-52-59-105-99(65-79)91-40-18-21-43-102(91)118(105)87-34-11-5-12-35-87)49-56-95(109)96-57-50-84(70-110(96)121)80-53-60-106-100(66-80)92-41-19-22-44-103(92)119(106)88-36-13-6-14-37-88/h3-70H,1-2H3. The van der Waals surface area contributed by atoms with Gasteiger partial charge in [0.1, 0.15) is 0 Å². The van der Waals surface area contributed by atoms with E-state index in [4.69, 9.17) is 15.0 Å². The Bertz CT molecular complexity index is 8130. The van der Waals surface area contributed by atoms with Crippen LogP contribution in [0.25, 0.3) is 227 Å². The summed E-state index contributed by atoms with van der Waals surface area (Å²) in [6.07, 6.45) is 0. The average Bonchev–Trinajstić information content (AvgIpc) is 1.65. The van der Waals surface area contributed by atoms with Gasteiger partial charge in [-0.1, -0.05) is 279 Å². The van der Waals surface area contributed by atoms with E-state index in [-0.39, 0.29) is 0 Å². The molecule has 0 saturated carbocycles. The predicted octanol–water partition coefficient (Wildman–Crippen LogP) is 29.3. The molecule has 18 aromatic carbocycles. The van der Waals surface area contributed by atoms with Crippen molar-refractivity contribution in [3.63, 3.8) is 0 Å². The number of hydrogen-bond donors (Lipinski definition) is 0. The minimum Gasteiger partial charge on any atom is -0.309 e. The first-order chi connectivity index (χ1) is 59.8. The van der Waals surface area contributed by atoms with Crippen molar-refractivity contribution in [2.75, 3.05) is 0 Å². The molecule has 0 atom stereocenters. The molecule has 24 rings (SSSR count). The van der Waals surface area contributed by atoms with E-state index in [0.29, 0.717) is 17.7 Å². The van der Waals surface area contributed by atoms with E-state index in [0.717, 1.165) is 166 Å². The number of aryl methyl sites for hydroxylation is 2. The van der Waals surface area contributed by atoms with Crippen molar-refractivity contribution in [1.29, 1.82) is 0 Å². The lowest BCUT2D eigenvalue weighted by molar-refractivity contribution is 0.893. The van der Waals surface area contributed by atoms with Gasteiger partial charge in [0.25, 0.3) is 0 Å². The van der Waals surface area contributed by atoms with Crippen molar-refractivity contribution < 1.29 is 0 Å². The Morgan fingerprint density at radius 2 is 0.438 bits per heavy atom. The van der Waals surface area contributed by atoms with Crippen LogP contribution in [0.1, 0.15) is 11.1 Å². The topological polar surface area (TPSA) is 63.3 Å². The molecule has 121 heavy (non-hydrogen) atoms. The zero-order valence-electron chi connectivity index (χ0n) is 66.3. The molecule has 0 bridgehead atoms. The lowest BCUT2D eigenvalue weighted by atomic mass is 9.92. The smallest absolute Gasteiger partial charge is 0.240 e. The third-order valence-electron chi connectivity index (χ3n) is 25.0. The van der Waals surface area contributed by atoms with Crippen LogP contribution in [0.3, 0.4) is 0 Å². The first-order valence-electron chi connectivity index (χ1n) is 41.4. The maximum absolute atomic E-state index is 6.07. The molecule has 0 aliphatic rings. The first-order valence-corrected chi connectivity index (χ1v) is 41.4. The van der Waals surface area contributed by atoms with Crippen LogP contribution in [0.4, 0.5) is 0 Å². The molecule has 0 saturated heterocycles. The molecule has 0 amide bonds. The summed E-state index contributed by atoms with van der Waals surface area (Å²) in [5.41, 5.74) is 32.8. The molecular weight excluding hydrogens is 1470 g/mol. The van der Waals surface area contributed by atoms with Crippen molar-refractivity contribution in [1.82, 2.24) is 37.8 Å². The Kier molecular flexibility index (Phi) is 15.9. The van der Waals surface area contributed by atoms with Crippen molar-refractivity contribution in [2.24, 2.45) is 0 Å². The molecule has 0 fully saturated rings. The lowest BCUT2D eigenvalue weighted by Crippen LogP contribution is -2.10. The Labute approximate surface area is 697 Å².